The third-order valence-electron chi connectivity index (χ3n) is 4.28. The number of halogens is 5. The van der Waals surface area contributed by atoms with Crippen molar-refractivity contribution in [2.45, 2.75) is 32.9 Å². The quantitative estimate of drug-likeness (QED) is 0.210. The Morgan fingerprint density at radius 2 is 1.10 bits per heavy atom. The molecule has 0 aromatic heterocycles. The Labute approximate surface area is 224 Å². The van der Waals surface area contributed by atoms with Crippen molar-refractivity contribution in [1.82, 2.24) is 0 Å². The number of para-hydroxylation sites is 2. The minimum absolute atomic E-state index is 0.0904. The van der Waals surface area contributed by atoms with Crippen molar-refractivity contribution in [3.8, 4) is 0 Å². The van der Waals surface area contributed by atoms with E-state index in [1.54, 1.807) is 18.7 Å². The Kier molecular flexibility index (Phi) is 14.1. The molecule has 0 radical (unpaired) electrons. The molecular formula is C28H30F5NO5. The molecule has 1 amide bonds. The number of amides is 1. The number of hydrogen-bond donors (Lipinski definition) is 0. The number of carbonyl (C=O) groups excluding carboxylic acids is 3. The lowest BCUT2D eigenvalue weighted by atomic mass is 10.2. The largest absolute Gasteiger partial charge is 0.466 e. The molecule has 0 aliphatic carbocycles. The molecule has 0 heterocycles. The van der Waals surface area contributed by atoms with Crippen LogP contribution in [-0.2, 0) is 23.9 Å². The molecule has 0 N–H and O–H groups in total. The fourth-order valence-electron chi connectivity index (χ4n) is 2.26. The summed E-state index contributed by atoms with van der Waals surface area (Å²) >= 11 is 0. The summed E-state index contributed by atoms with van der Waals surface area (Å²) in [6.07, 6.45) is -5.72. The van der Waals surface area contributed by atoms with Gasteiger partial charge in [-0.2, -0.15) is 22.0 Å². The second kappa shape index (κ2) is 15.9. The van der Waals surface area contributed by atoms with E-state index in [9.17, 15) is 36.3 Å². The molecule has 0 saturated heterocycles. The van der Waals surface area contributed by atoms with E-state index in [1.165, 1.54) is 7.11 Å². The molecule has 0 bridgehead atoms. The van der Waals surface area contributed by atoms with E-state index in [4.69, 9.17) is 0 Å². The van der Waals surface area contributed by atoms with Gasteiger partial charge in [0.25, 0.3) is 5.91 Å². The first kappa shape index (κ1) is 34.7. The molecule has 0 fully saturated rings. The molecular weight excluding hydrogens is 525 g/mol. The highest BCUT2D eigenvalue weighted by Crippen LogP contribution is 2.35. The van der Waals surface area contributed by atoms with Crippen LogP contribution in [0.5, 0.6) is 0 Å². The number of nitrogens with zero attached hydrogens (tertiary/aromatic N) is 1. The zero-order valence-corrected chi connectivity index (χ0v) is 22.0. The Bertz CT molecular complexity index is 1110. The highest BCUT2D eigenvalue weighted by Gasteiger charge is 2.58. The summed E-state index contributed by atoms with van der Waals surface area (Å²) in [7, 11) is 1.33. The van der Waals surface area contributed by atoms with Gasteiger partial charge in [-0.1, -0.05) is 56.1 Å². The molecule has 2 aromatic rings. The lowest BCUT2D eigenvalue weighted by molar-refractivity contribution is -0.293. The number of esters is 2. The number of benzene rings is 2. The average molecular weight is 556 g/mol. The fourth-order valence-corrected chi connectivity index (χ4v) is 2.26. The van der Waals surface area contributed by atoms with Crippen molar-refractivity contribution in [1.29, 1.82) is 0 Å². The molecule has 6 nitrogen and oxygen atoms in total. The molecule has 0 aliphatic heterocycles. The summed E-state index contributed by atoms with van der Waals surface area (Å²) < 4.78 is 66.8. The number of hydrogen-bond acceptors (Lipinski definition) is 5. The van der Waals surface area contributed by atoms with Gasteiger partial charge in [-0.25, -0.2) is 9.59 Å². The summed E-state index contributed by atoms with van der Waals surface area (Å²) in [5.74, 6) is -6.75. The van der Waals surface area contributed by atoms with E-state index < -0.39 is 24.7 Å². The molecule has 0 aliphatic rings. The Hall–Kier alpha value is -4.28. The molecule has 212 valence electrons. The molecule has 0 unspecified atom stereocenters. The van der Waals surface area contributed by atoms with Gasteiger partial charge < -0.3 is 9.47 Å². The maximum atomic E-state index is 12.3. The third kappa shape index (κ3) is 12.2. The number of methoxy groups -OCH3 is 1. The van der Waals surface area contributed by atoms with E-state index in [-0.39, 0.29) is 17.4 Å². The Morgan fingerprint density at radius 1 is 0.718 bits per heavy atom. The van der Waals surface area contributed by atoms with Crippen LogP contribution in [0.2, 0.25) is 0 Å². The van der Waals surface area contributed by atoms with Crippen molar-refractivity contribution in [3.05, 3.63) is 97.1 Å². The minimum atomic E-state index is -5.72. The van der Waals surface area contributed by atoms with Gasteiger partial charge in [-0.15, -0.1) is 0 Å². The van der Waals surface area contributed by atoms with Crippen LogP contribution in [0.3, 0.4) is 0 Å². The van der Waals surface area contributed by atoms with Crippen molar-refractivity contribution >= 4 is 29.2 Å². The monoisotopic (exact) mass is 555 g/mol. The normalized spacial score (nSPS) is 10.4. The van der Waals surface area contributed by atoms with E-state index >= 15 is 0 Å². The van der Waals surface area contributed by atoms with Crippen LogP contribution >= 0.6 is 0 Å². The molecule has 0 spiro atoms. The van der Waals surface area contributed by atoms with Crippen LogP contribution in [0, 0.1) is 0 Å². The average Bonchev–Trinajstić information content (AvgIpc) is 2.88. The number of alkyl halides is 5. The van der Waals surface area contributed by atoms with Crippen molar-refractivity contribution < 1.29 is 45.8 Å². The number of carbonyl (C=O) groups is 3. The standard InChI is InChI=1S/C16H15NO.C7H7F5O2.C5H8O2/c1-13(2)16(18)17(14-9-5-3-6-10-14)15-11-7-4-8-12-15;1-4(2)5(13)14-3-6(8,9)7(10,11)12;1-4(2)5(6)7-3/h3-12H,1H2,2H3;1,3H2,2H3;1H2,2-3H3. The summed E-state index contributed by atoms with van der Waals surface area (Å²) in [5, 5.41) is 0. The van der Waals surface area contributed by atoms with Gasteiger partial charge in [0.15, 0.2) is 6.61 Å². The molecule has 11 heteroatoms. The highest BCUT2D eigenvalue weighted by atomic mass is 19.4. The molecule has 0 atom stereocenters. The first-order valence-corrected chi connectivity index (χ1v) is 11.1. The first-order chi connectivity index (χ1) is 18.0. The zero-order chi connectivity index (χ0) is 30.4. The maximum Gasteiger partial charge on any atom is 0.456 e. The topological polar surface area (TPSA) is 72.9 Å². The van der Waals surface area contributed by atoms with Crippen LogP contribution in [0.4, 0.5) is 33.3 Å². The van der Waals surface area contributed by atoms with Crippen LogP contribution in [0.1, 0.15) is 20.8 Å². The Balaban J connectivity index is 0.000000613. The summed E-state index contributed by atoms with van der Waals surface area (Å²) in [4.78, 5) is 34.6. The fraction of sp³-hybridized carbons (Fsp3) is 0.250. The van der Waals surface area contributed by atoms with Crippen LogP contribution < -0.4 is 4.90 Å². The molecule has 2 aromatic carbocycles. The van der Waals surface area contributed by atoms with Gasteiger partial charge in [0.2, 0.25) is 0 Å². The third-order valence-corrected chi connectivity index (χ3v) is 4.28. The molecule has 39 heavy (non-hydrogen) atoms. The van der Waals surface area contributed by atoms with Gasteiger partial charge in [0, 0.05) is 28.1 Å². The van der Waals surface area contributed by atoms with E-state index in [1.807, 2.05) is 60.7 Å². The summed E-state index contributed by atoms with van der Waals surface area (Å²) in [6.45, 7) is 12.5. The second-order valence-corrected chi connectivity index (χ2v) is 7.92. The van der Waals surface area contributed by atoms with Gasteiger partial charge in [0.05, 0.1) is 7.11 Å². The Morgan fingerprint density at radius 3 is 1.36 bits per heavy atom. The van der Waals surface area contributed by atoms with Gasteiger partial charge in [0.1, 0.15) is 0 Å². The van der Waals surface area contributed by atoms with Crippen molar-refractivity contribution in [3.63, 3.8) is 0 Å². The lowest BCUT2D eigenvalue weighted by Gasteiger charge is -2.23. The predicted octanol–water partition coefficient (Wildman–Crippen LogP) is 6.97. The van der Waals surface area contributed by atoms with E-state index in [2.05, 4.69) is 29.2 Å². The van der Waals surface area contributed by atoms with E-state index in [0.29, 0.717) is 11.1 Å². The zero-order valence-electron chi connectivity index (χ0n) is 22.0. The van der Waals surface area contributed by atoms with Crippen molar-refractivity contribution in [2.24, 2.45) is 0 Å². The van der Waals surface area contributed by atoms with Crippen molar-refractivity contribution in [2.75, 3.05) is 18.6 Å². The SMILES string of the molecule is C=C(C)C(=O)N(c1ccccc1)c1ccccc1.C=C(C)C(=O)OC.C=C(C)C(=O)OCC(F)(F)C(F)(F)F. The molecule has 2 rings (SSSR count). The smallest absolute Gasteiger partial charge is 0.456 e. The molecule has 0 saturated carbocycles. The predicted molar refractivity (Wildman–Crippen MR) is 138 cm³/mol. The number of anilines is 2. The number of ether oxygens (including phenoxy) is 2. The number of rotatable bonds is 7. The second-order valence-electron chi connectivity index (χ2n) is 7.92. The van der Waals surface area contributed by atoms with Gasteiger partial charge >= 0.3 is 24.0 Å². The van der Waals surface area contributed by atoms with Crippen LogP contribution in [-0.4, -0.2) is 43.7 Å². The lowest BCUT2D eigenvalue weighted by Crippen LogP contribution is -2.41. The van der Waals surface area contributed by atoms with Crippen LogP contribution in [0.15, 0.2) is 97.1 Å². The van der Waals surface area contributed by atoms with Crippen LogP contribution in [0.25, 0.3) is 0 Å². The van der Waals surface area contributed by atoms with Gasteiger partial charge in [-0.05, 0) is 45.0 Å². The maximum absolute atomic E-state index is 12.3. The highest BCUT2D eigenvalue weighted by molar-refractivity contribution is 6.09. The summed E-state index contributed by atoms with van der Waals surface area (Å²) in [6, 6.07) is 19.2. The van der Waals surface area contributed by atoms with Gasteiger partial charge in [-0.3, -0.25) is 9.69 Å². The summed E-state index contributed by atoms with van der Waals surface area (Å²) in [5.41, 5.74) is 2.39. The minimum Gasteiger partial charge on any atom is -0.466 e. The van der Waals surface area contributed by atoms with E-state index in [0.717, 1.165) is 18.3 Å². The first-order valence-electron chi connectivity index (χ1n) is 11.1.